The van der Waals surface area contributed by atoms with Gasteiger partial charge in [0.05, 0.1) is 12.2 Å². The van der Waals surface area contributed by atoms with Crippen LogP contribution in [0.3, 0.4) is 0 Å². The van der Waals surface area contributed by atoms with Gasteiger partial charge in [-0.2, -0.15) is 0 Å². The summed E-state index contributed by atoms with van der Waals surface area (Å²) >= 11 is 0. The third-order valence-corrected chi connectivity index (χ3v) is 4.20. The molecule has 3 N–H and O–H groups in total. The SMILES string of the molecule is CN1C[C@H](NS(=O)(=O)CCC(=O)O)C[C@H]1C(=O)O. The molecule has 9 heteroatoms. The minimum Gasteiger partial charge on any atom is -0.481 e. The predicted octanol–water partition coefficient (Wildman–Crippen LogP) is -1.46. The van der Waals surface area contributed by atoms with E-state index in [0.717, 1.165) is 0 Å². The van der Waals surface area contributed by atoms with Gasteiger partial charge < -0.3 is 10.2 Å². The summed E-state index contributed by atoms with van der Waals surface area (Å²) in [5, 5.41) is 17.3. The van der Waals surface area contributed by atoms with Crippen molar-refractivity contribution in [1.29, 1.82) is 0 Å². The second-order valence-electron chi connectivity index (χ2n) is 4.31. The molecular formula is C9H16N2O6S. The number of carboxylic acids is 2. The van der Waals surface area contributed by atoms with Gasteiger partial charge in [-0.05, 0) is 13.5 Å². The fourth-order valence-corrected chi connectivity index (χ4v) is 3.15. The highest BCUT2D eigenvalue weighted by atomic mass is 32.2. The van der Waals surface area contributed by atoms with Crippen molar-refractivity contribution in [2.45, 2.75) is 24.9 Å². The number of carboxylic acid groups (broad SMARTS) is 2. The first kappa shape index (κ1) is 14.9. The Morgan fingerprint density at radius 1 is 1.39 bits per heavy atom. The van der Waals surface area contributed by atoms with Crippen LogP contribution in [0.4, 0.5) is 0 Å². The Hall–Kier alpha value is -1.19. The first-order valence-electron chi connectivity index (χ1n) is 5.36. The summed E-state index contributed by atoms with van der Waals surface area (Å²) in [6.45, 7) is 0.295. The lowest BCUT2D eigenvalue weighted by molar-refractivity contribution is -0.141. The average Bonchev–Trinajstić information content (AvgIpc) is 2.56. The van der Waals surface area contributed by atoms with E-state index in [4.69, 9.17) is 10.2 Å². The largest absolute Gasteiger partial charge is 0.481 e. The molecule has 1 aliphatic heterocycles. The highest BCUT2D eigenvalue weighted by molar-refractivity contribution is 7.89. The summed E-state index contributed by atoms with van der Waals surface area (Å²) in [6, 6.07) is -1.20. The Morgan fingerprint density at radius 2 is 2.00 bits per heavy atom. The predicted molar refractivity (Wildman–Crippen MR) is 61.6 cm³/mol. The molecule has 0 aromatic heterocycles. The van der Waals surface area contributed by atoms with Crippen LogP contribution >= 0.6 is 0 Å². The molecule has 0 saturated carbocycles. The topological polar surface area (TPSA) is 124 Å². The highest BCUT2D eigenvalue weighted by Crippen LogP contribution is 2.16. The van der Waals surface area contributed by atoms with Crippen LogP contribution in [0.2, 0.25) is 0 Å². The van der Waals surface area contributed by atoms with Crippen LogP contribution in [0, 0.1) is 0 Å². The first-order valence-corrected chi connectivity index (χ1v) is 7.01. The summed E-state index contributed by atoms with van der Waals surface area (Å²) in [6.07, 6.45) is -0.293. The molecular weight excluding hydrogens is 264 g/mol. The fourth-order valence-electron chi connectivity index (χ4n) is 1.91. The van der Waals surface area contributed by atoms with E-state index in [9.17, 15) is 18.0 Å². The van der Waals surface area contributed by atoms with Crippen LogP contribution in [0.1, 0.15) is 12.8 Å². The summed E-state index contributed by atoms with van der Waals surface area (Å²) in [4.78, 5) is 22.7. The van der Waals surface area contributed by atoms with Gasteiger partial charge in [-0.25, -0.2) is 13.1 Å². The van der Waals surface area contributed by atoms with Gasteiger partial charge in [0.25, 0.3) is 0 Å². The maximum Gasteiger partial charge on any atom is 0.320 e. The lowest BCUT2D eigenvalue weighted by Crippen LogP contribution is -2.38. The van der Waals surface area contributed by atoms with Crippen molar-refractivity contribution in [3.05, 3.63) is 0 Å². The van der Waals surface area contributed by atoms with Gasteiger partial charge in [0.2, 0.25) is 10.0 Å². The molecule has 18 heavy (non-hydrogen) atoms. The summed E-state index contributed by atoms with van der Waals surface area (Å²) in [5.41, 5.74) is 0. The Kier molecular flexibility index (Phi) is 4.65. The molecule has 104 valence electrons. The van der Waals surface area contributed by atoms with Crippen molar-refractivity contribution in [1.82, 2.24) is 9.62 Å². The molecule has 1 saturated heterocycles. The number of hydrogen-bond donors (Lipinski definition) is 3. The van der Waals surface area contributed by atoms with E-state index < -0.39 is 46.2 Å². The molecule has 0 amide bonds. The van der Waals surface area contributed by atoms with Crippen molar-refractivity contribution in [2.75, 3.05) is 19.3 Å². The molecule has 1 heterocycles. The van der Waals surface area contributed by atoms with Crippen LogP contribution in [-0.2, 0) is 19.6 Å². The van der Waals surface area contributed by atoms with Gasteiger partial charge in [-0.3, -0.25) is 14.5 Å². The molecule has 0 spiro atoms. The number of aliphatic carboxylic acids is 2. The summed E-state index contributed by atoms with van der Waals surface area (Å²) in [7, 11) is -2.08. The van der Waals surface area contributed by atoms with Crippen molar-refractivity contribution in [3.63, 3.8) is 0 Å². The van der Waals surface area contributed by atoms with E-state index in [1.165, 1.54) is 0 Å². The standard InChI is InChI=1S/C9H16N2O6S/c1-11-5-6(4-7(11)9(14)15)10-18(16,17)3-2-8(12)13/h6-7,10H,2-5H2,1H3,(H,12,13)(H,14,15)/t6-,7+/m1/s1. The molecule has 1 aliphatic rings. The Balaban J connectivity index is 2.54. The van der Waals surface area contributed by atoms with E-state index >= 15 is 0 Å². The van der Waals surface area contributed by atoms with Gasteiger partial charge in [0.15, 0.2) is 0 Å². The molecule has 8 nitrogen and oxygen atoms in total. The Bertz CT molecular complexity index is 434. The van der Waals surface area contributed by atoms with Crippen molar-refractivity contribution < 1.29 is 28.2 Å². The lowest BCUT2D eigenvalue weighted by Gasteiger charge is -2.13. The molecule has 2 atom stereocenters. The maximum atomic E-state index is 11.5. The van der Waals surface area contributed by atoms with Crippen LogP contribution in [0.5, 0.6) is 0 Å². The molecule has 0 unspecified atom stereocenters. The number of sulfonamides is 1. The monoisotopic (exact) mass is 280 g/mol. The zero-order valence-electron chi connectivity index (χ0n) is 9.87. The van der Waals surface area contributed by atoms with Crippen LogP contribution in [0.15, 0.2) is 0 Å². The number of nitrogens with zero attached hydrogens (tertiary/aromatic N) is 1. The minimum atomic E-state index is -3.68. The second-order valence-corrected chi connectivity index (χ2v) is 6.18. The van der Waals surface area contributed by atoms with Gasteiger partial charge in [-0.15, -0.1) is 0 Å². The second kappa shape index (κ2) is 5.63. The Morgan fingerprint density at radius 3 is 2.44 bits per heavy atom. The number of nitrogens with one attached hydrogen (secondary N) is 1. The van der Waals surface area contributed by atoms with Gasteiger partial charge >= 0.3 is 11.9 Å². The van der Waals surface area contributed by atoms with Gasteiger partial charge in [0, 0.05) is 12.6 Å². The smallest absolute Gasteiger partial charge is 0.320 e. The maximum absolute atomic E-state index is 11.5. The molecule has 0 bridgehead atoms. The number of rotatable bonds is 6. The van der Waals surface area contributed by atoms with Crippen LogP contribution in [-0.4, -0.2) is 66.9 Å². The first-order chi connectivity index (χ1) is 8.21. The highest BCUT2D eigenvalue weighted by Gasteiger charge is 2.36. The van der Waals surface area contributed by atoms with E-state index in [1.54, 1.807) is 11.9 Å². The van der Waals surface area contributed by atoms with Crippen molar-refractivity contribution >= 4 is 22.0 Å². The number of likely N-dealkylation sites (tertiary alicyclic amines) is 1. The number of carbonyl (C=O) groups is 2. The van der Waals surface area contributed by atoms with Crippen molar-refractivity contribution in [2.24, 2.45) is 0 Å². The molecule has 1 fully saturated rings. The number of likely N-dealkylation sites (N-methyl/N-ethyl adjacent to an activating group) is 1. The molecule has 1 rings (SSSR count). The Labute approximate surface area is 105 Å². The summed E-state index contributed by atoms with van der Waals surface area (Å²) < 4.78 is 25.4. The molecule has 0 radical (unpaired) electrons. The van der Waals surface area contributed by atoms with E-state index in [1.807, 2.05) is 0 Å². The van der Waals surface area contributed by atoms with E-state index in [-0.39, 0.29) is 6.42 Å². The van der Waals surface area contributed by atoms with Gasteiger partial charge in [-0.1, -0.05) is 0 Å². The molecule has 0 aromatic carbocycles. The van der Waals surface area contributed by atoms with Crippen LogP contribution in [0.25, 0.3) is 0 Å². The summed E-state index contributed by atoms with van der Waals surface area (Å²) in [5.74, 6) is -2.68. The minimum absolute atomic E-state index is 0.179. The van der Waals surface area contributed by atoms with E-state index in [2.05, 4.69) is 4.72 Å². The normalized spacial score (nSPS) is 25.2. The van der Waals surface area contributed by atoms with Gasteiger partial charge in [0.1, 0.15) is 6.04 Å². The lowest BCUT2D eigenvalue weighted by atomic mass is 10.2. The zero-order chi connectivity index (χ0) is 13.9. The molecule has 0 aromatic rings. The van der Waals surface area contributed by atoms with Crippen LogP contribution < -0.4 is 4.72 Å². The van der Waals surface area contributed by atoms with Crippen molar-refractivity contribution in [3.8, 4) is 0 Å². The number of hydrogen-bond acceptors (Lipinski definition) is 5. The fraction of sp³-hybridized carbons (Fsp3) is 0.778. The third kappa shape index (κ3) is 4.24. The third-order valence-electron chi connectivity index (χ3n) is 2.76. The average molecular weight is 280 g/mol. The molecule has 0 aliphatic carbocycles. The van der Waals surface area contributed by atoms with E-state index in [0.29, 0.717) is 6.54 Å². The zero-order valence-corrected chi connectivity index (χ0v) is 10.7. The quantitative estimate of drug-likeness (QED) is 0.543.